The average Bonchev–Trinajstić information content (AvgIpc) is 2.29. The summed E-state index contributed by atoms with van der Waals surface area (Å²) in [5, 5.41) is 3.25. The van der Waals surface area contributed by atoms with Gasteiger partial charge in [-0.2, -0.15) is 0 Å². The Morgan fingerprint density at radius 1 is 0.933 bits per heavy atom. The van der Waals surface area contributed by atoms with Crippen LogP contribution in [0.3, 0.4) is 0 Å². The first-order chi connectivity index (χ1) is 6.95. The highest BCUT2D eigenvalue weighted by molar-refractivity contribution is 5.85. The third-order valence-corrected chi connectivity index (χ3v) is 1.98. The van der Waals surface area contributed by atoms with Gasteiger partial charge in [-0.25, -0.2) is 4.98 Å². The van der Waals surface area contributed by atoms with E-state index in [0.717, 1.165) is 12.4 Å². The molecule has 0 aliphatic rings. The molecule has 3 heteroatoms. The van der Waals surface area contributed by atoms with Crippen LogP contribution in [0, 0.1) is 0 Å². The summed E-state index contributed by atoms with van der Waals surface area (Å²) in [7, 11) is 0. The summed E-state index contributed by atoms with van der Waals surface area (Å²) in [4.78, 5) is 4.18. The Kier molecular flexibility index (Phi) is 4.64. The van der Waals surface area contributed by atoms with Crippen LogP contribution in [-0.4, -0.2) is 4.98 Å². The van der Waals surface area contributed by atoms with Gasteiger partial charge in [-0.05, 0) is 17.7 Å². The number of aromatic nitrogens is 1. The monoisotopic (exact) mass is 220 g/mol. The van der Waals surface area contributed by atoms with Crippen molar-refractivity contribution in [3.8, 4) is 0 Å². The molecule has 78 valence electrons. The van der Waals surface area contributed by atoms with Crippen molar-refractivity contribution in [3.05, 3.63) is 60.3 Å². The zero-order valence-electron chi connectivity index (χ0n) is 8.26. The van der Waals surface area contributed by atoms with Crippen LogP contribution in [0.4, 0.5) is 5.82 Å². The minimum Gasteiger partial charge on any atom is -0.366 e. The molecule has 2 rings (SSSR count). The summed E-state index contributed by atoms with van der Waals surface area (Å²) < 4.78 is 0. The molecule has 0 amide bonds. The molecular formula is C12H13ClN2. The number of rotatable bonds is 3. The fourth-order valence-corrected chi connectivity index (χ4v) is 1.26. The Balaban J connectivity index is 0.00000112. The molecule has 0 fully saturated rings. The molecule has 0 unspecified atom stereocenters. The van der Waals surface area contributed by atoms with Crippen LogP contribution < -0.4 is 5.32 Å². The average molecular weight is 221 g/mol. The molecule has 0 aliphatic carbocycles. The van der Waals surface area contributed by atoms with E-state index in [0.29, 0.717) is 0 Å². The largest absolute Gasteiger partial charge is 0.366 e. The predicted octanol–water partition coefficient (Wildman–Crippen LogP) is 3.12. The quantitative estimate of drug-likeness (QED) is 0.860. The SMILES string of the molecule is Cl.c1ccc(CNc2ccccn2)cc1. The summed E-state index contributed by atoms with van der Waals surface area (Å²) in [6, 6.07) is 16.1. The van der Waals surface area contributed by atoms with Gasteiger partial charge in [0.1, 0.15) is 5.82 Å². The van der Waals surface area contributed by atoms with E-state index < -0.39 is 0 Å². The van der Waals surface area contributed by atoms with Gasteiger partial charge in [0.2, 0.25) is 0 Å². The molecule has 2 nitrogen and oxygen atoms in total. The Morgan fingerprint density at radius 3 is 2.33 bits per heavy atom. The van der Waals surface area contributed by atoms with E-state index in [1.165, 1.54) is 5.56 Å². The smallest absolute Gasteiger partial charge is 0.126 e. The first kappa shape index (κ1) is 11.5. The standard InChI is InChI=1S/C12H12N2.ClH/c1-2-6-11(7-3-1)10-14-12-8-4-5-9-13-12;/h1-9H,10H2,(H,13,14);1H. The number of benzene rings is 1. The van der Waals surface area contributed by atoms with Crippen molar-refractivity contribution in [3.63, 3.8) is 0 Å². The summed E-state index contributed by atoms with van der Waals surface area (Å²) in [6.45, 7) is 0.817. The van der Waals surface area contributed by atoms with Gasteiger partial charge in [-0.3, -0.25) is 0 Å². The number of hydrogen-bond acceptors (Lipinski definition) is 2. The first-order valence-electron chi connectivity index (χ1n) is 4.64. The molecule has 0 aliphatic heterocycles. The lowest BCUT2D eigenvalue weighted by Gasteiger charge is -2.04. The van der Waals surface area contributed by atoms with Gasteiger partial charge in [0.15, 0.2) is 0 Å². The zero-order valence-corrected chi connectivity index (χ0v) is 9.08. The molecule has 1 aromatic heterocycles. The van der Waals surface area contributed by atoms with E-state index in [9.17, 15) is 0 Å². The minimum absolute atomic E-state index is 0. The second-order valence-corrected chi connectivity index (χ2v) is 3.05. The highest BCUT2D eigenvalue weighted by Gasteiger charge is 1.91. The lowest BCUT2D eigenvalue weighted by molar-refractivity contribution is 1.11. The van der Waals surface area contributed by atoms with Crippen molar-refractivity contribution < 1.29 is 0 Å². The molecule has 0 spiro atoms. The van der Waals surface area contributed by atoms with Gasteiger partial charge in [0, 0.05) is 12.7 Å². The van der Waals surface area contributed by atoms with Gasteiger partial charge in [-0.15, -0.1) is 12.4 Å². The van der Waals surface area contributed by atoms with Gasteiger partial charge in [-0.1, -0.05) is 36.4 Å². The molecule has 15 heavy (non-hydrogen) atoms. The fourth-order valence-electron chi connectivity index (χ4n) is 1.26. The van der Waals surface area contributed by atoms with E-state index in [1.54, 1.807) is 6.20 Å². The molecule has 0 saturated heterocycles. The molecule has 2 aromatic rings. The molecule has 0 bridgehead atoms. The van der Waals surface area contributed by atoms with Gasteiger partial charge in [0.05, 0.1) is 0 Å². The summed E-state index contributed by atoms with van der Waals surface area (Å²) in [5.41, 5.74) is 1.26. The molecule has 1 heterocycles. The van der Waals surface area contributed by atoms with E-state index in [-0.39, 0.29) is 12.4 Å². The second kappa shape index (κ2) is 6.04. The maximum absolute atomic E-state index is 4.18. The van der Waals surface area contributed by atoms with E-state index in [4.69, 9.17) is 0 Å². The zero-order chi connectivity index (χ0) is 9.64. The number of halogens is 1. The molecule has 1 N–H and O–H groups in total. The van der Waals surface area contributed by atoms with Crippen LogP contribution in [0.15, 0.2) is 54.7 Å². The number of anilines is 1. The Bertz CT molecular complexity index is 336. The highest BCUT2D eigenvalue weighted by Crippen LogP contribution is 2.04. The van der Waals surface area contributed by atoms with Crippen molar-refractivity contribution in [2.45, 2.75) is 6.54 Å². The lowest BCUT2D eigenvalue weighted by atomic mass is 10.2. The van der Waals surface area contributed by atoms with Gasteiger partial charge >= 0.3 is 0 Å². The van der Waals surface area contributed by atoms with Crippen molar-refractivity contribution in [2.24, 2.45) is 0 Å². The summed E-state index contributed by atoms with van der Waals surface area (Å²) in [5.74, 6) is 0.913. The van der Waals surface area contributed by atoms with E-state index in [2.05, 4.69) is 22.4 Å². The number of nitrogens with zero attached hydrogens (tertiary/aromatic N) is 1. The van der Waals surface area contributed by atoms with Crippen LogP contribution in [0.5, 0.6) is 0 Å². The molecule has 0 atom stereocenters. The van der Waals surface area contributed by atoms with Crippen LogP contribution in [0.25, 0.3) is 0 Å². The van der Waals surface area contributed by atoms with Crippen molar-refractivity contribution in [2.75, 3.05) is 5.32 Å². The maximum Gasteiger partial charge on any atom is 0.126 e. The van der Waals surface area contributed by atoms with E-state index >= 15 is 0 Å². The lowest BCUT2D eigenvalue weighted by Crippen LogP contribution is -2.00. The second-order valence-electron chi connectivity index (χ2n) is 3.05. The highest BCUT2D eigenvalue weighted by atomic mass is 35.5. The number of nitrogens with one attached hydrogen (secondary N) is 1. The van der Waals surface area contributed by atoms with E-state index in [1.807, 2.05) is 36.4 Å². The Hall–Kier alpha value is -1.54. The summed E-state index contributed by atoms with van der Waals surface area (Å²) in [6.07, 6.45) is 1.79. The van der Waals surface area contributed by atoms with Crippen molar-refractivity contribution >= 4 is 18.2 Å². The van der Waals surface area contributed by atoms with Gasteiger partial charge < -0.3 is 5.32 Å². The summed E-state index contributed by atoms with van der Waals surface area (Å²) >= 11 is 0. The van der Waals surface area contributed by atoms with Crippen LogP contribution in [0.2, 0.25) is 0 Å². The number of hydrogen-bond donors (Lipinski definition) is 1. The molecular weight excluding hydrogens is 208 g/mol. The van der Waals surface area contributed by atoms with Crippen molar-refractivity contribution in [1.82, 2.24) is 4.98 Å². The fraction of sp³-hybridized carbons (Fsp3) is 0.0833. The Labute approximate surface area is 95.8 Å². The topological polar surface area (TPSA) is 24.9 Å². The molecule has 0 radical (unpaired) electrons. The third-order valence-electron chi connectivity index (χ3n) is 1.98. The maximum atomic E-state index is 4.18. The molecule has 0 saturated carbocycles. The van der Waals surface area contributed by atoms with Crippen molar-refractivity contribution in [1.29, 1.82) is 0 Å². The van der Waals surface area contributed by atoms with Crippen LogP contribution in [0.1, 0.15) is 5.56 Å². The Morgan fingerprint density at radius 2 is 1.67 bits per heavy atom. The predicted molar refractivity (Wildman–Crippen MR) is 65.3 cm³/mol. The number of pyridine rings is 1. The van der Waals surface area contributed by atoms with Crippen LogP contribution in [-0.2, 0) is 6.54 Å². The minimum atomic E-state index is 0. The molecule has 1 aromatic carbocycles. The van der Waals surface area contributed by atoms with Gasteiger partial charge in [0.25, 0.3) is 0 Å². The van der Waals surface area contributed by atoms with Crippen LogP contribution >= 0.6 is 12.4 Å². The first-order valence-corrected chi connectivity index (χ1v) is 4.64. The third kappa shape index (κ3) is 3.60. The normalized spacial score (nSPS) is 9.07.